The minimum absolute atomic E-state index is 0.0649. The van der Waals surface area contributed by atoms with Crippen molar-refractivity contribution in [3.8, 4) is 0 Å². The Hall–Kier alpha value is -0.770. The number of carbonyl (C=O) groups excluding carboxylic acids is 1. The quantitative estimate of drug-likeness (QED) is 0.898. The largest absolute Gasteiger partial charge is 0.354 e. The van der Waals surface area contributed by atoms with E-state index in [0.29, 0.717) is 23.0 Å². The third kappa shape index (κ3) is 3.62. The van der Waals surface area contributed by atoms with Crippen LogP contribution in [-0.4, -0.2) is 24.5 Å². The molecule has 2 N–H and O–H groups in total. The average Bonchev–Trinajstić information content (AvgIpc) is 2.80. The van der Waals surface area contributed by atoms with Crippen molar-refractivity contribution in [3.63, 3.8) is 0 Å². The van der Waals surface area contributed by atoms with E-state index in [2.05, 4.69) is 10.6 Å². The number of carbonyl (C=O) groups is 1. The molecule has 5 heteroatoms. The monoisotopic (exact) mass is 300 g/mol. The lowest BCUT2D eigenvalue weighted by Gasteiger charge is -2.23. The minimum atomic E-state index is -0.413. The molecule has 1 atom stereocenters. The third-order valence-corrected chi connectivity index (χ3v) is 4.15. The predicted octanol–water partition coefficient (Wildman–Crippen LogP) is 2.79. The maximum absolute atomic E-state index is 12.1. The first kappa shape index (κ1) is 14.6. The summed E-state index contributed by atoms with van der Waals surface area (Å²) in [6.45, 7) is 3.44. The molecule has 0 spiro atoms. The Kier molecular flexibility index (Phi) is 4.71. The normalized spacial score (nSPS) is 22.5. The Morgan fingerprint density at radius 3 is 2.89 bits per heavy atom. The molecule has 1 saturated heterocycles. The zero-order chi connectivity index (χ0) is 13.9. The Bertz CT molecular complexity index is 471. The molecule has 1 heterocycles. The summed E-state index contributed by atoms with van der Waals surface area (Å²) in [5, 5.41) is 7.48. The molecule has 0 saturated carbocycles. The Morgan fingerprint density at radius 1 is 1.47 bits per heavy atom. The standard InChI is InChI=1S/C14H18Cl2N2O/c1-14(6-2-7-18-14)13(19)17-8-5-10-3-4-11(15)9-12(10)16/h3-4,9,18H,2,5-8H2,1H3,(H,17,19). The number of benzene rings is 1. The summed E-state index contributed by atoms with van der Waals surface area (Å²) in [7, 11) is 0. The molecule has 2 rings (SSSR count). The van der Waals surface area contributed by atoms with Crippen LogP contribution in [0.25, 0.3) is 0 Å². The summed E-state index contributed by atoms with van der Waals surface area (Å²) in [6, 6.07) is 5.43. The molecule has 0 radical (unpaired) electrons. The first-order chi connectivity index (χ1) is 9.01. The molecule has 1 aliphatic rings. The molecule has 0 aliphatic carbocycles. The zero-order valence-electron chi connectivity index (χ0n) is 10.9. The van der Waals surface area contributed by atoms with E-state index in [4.69, 9.17) is 23.2 Å². The number of amides is 1. The van der Waals surface area contributed by atoms with Crippen molar-refractivity contribution >= 4 is 29.1 Å². The molecular formula is C14H18Cl2N2O. The van der Waals surface area contributed by atoms with Crippen LogP contribution < -0.4 is 10.6 Å². The van der Waals surface area contributed by atoms with Crippen LogP contribution in [0.4, 0.5) is 0 Å². The molecule has 1 unspecified atom stereocenters. The summed E-state index contributed by atoms with van der Waals surface area (Å²) < 4.78 is 0. The highest BCUT2D eigenvalue weighted by molar-refractivity contribution is 6.35. The van der Waals surface area contributed by atoms with Gasteiger partial charge in [0.05, 0.1) is 5.54 Å². The van der Waals surface area contributed by atoms with E-state index in [9.17, 15) is 4.79 Å². The summed E-state index contributed by atoms with van der Waals surface area (Å²) in [4.78, 5) is 12.1. The molecule has 1 aromatic carbocycles. The number of nitrogens with one attached hydrogen (secondary N) is 2. The Morgan fingerprint density at radius 2 is 2.26 bits per heavy atom. The van der Waals surface area contributed by atoms with Gasteiger partial charge in [-0.15, -0.1) is 0 Å². The van der Waals surface area contributed by atoms with Crippen LogP contribution in [0.5, 0.6) is 0 Å². The number of rotatable bonds is 4. The van der Waals surface area contributed by atoms with E-state index in [1.54, 1.807) is 6.07 Å². The smallest absolute Gasteiger partial charge is 0.240 e. The van der Waals surface area contributed by atoms with Gasteiger partial charge < -0.3 is 10.6 Å². The molecule has 19 heavy (non-hydrogen) atoms. The first-order valence-corrected chi connectivity index (χ1v) is 7.24. The Balaban J connectivity index is 1.85. The van der Waals surface area contributed by atoms with E-state index in [1.807, 2.05) is 19.1 Å². The summed E-state index contributed by atoms with van der Waals surface area (Å²) >= 11 is 11.9. The SMILES string of the molecule is CC1(C(=O)NCCc2ccc(Cl)cc2Cl)CCCN1. The van der Waals surface area contributed by atoms with Gasteiger partial charge in [0.2, 0.25) is 5.91 Å². The van der Waals surface area contributed by atoms with Gasteiger partial charge in [-0.25, -0.2) is 0 Å². The van der Waals surface area contributed by atoms with Gasteiger partial charge in [0.1, 0.15) is 0 Å². The van der Waals surface area contributed by atoms with Crippen LogP contribution >= 0.6 is 23.2 Å². The minimum Gasteiger partial charge on any atom is -0.354 e. The molecular weight excluding hydrogens is 283 g/mol. The van der Waals surface area contributed by atoms with Gasteiger partial charge in [-0.2, -0.15) is 0 Å². The second-order valence-corrected chi connectivity index (χ2v) is 5.95. The maximum Gasteiger partial charge on any atom is 0.240 e. The summed E-state index contributed by atoms with van der Waals surface area (Å²) in [6.07, 6.45) is 2.64. The van der Waals surface area contributed by atoms with Crippen LogP contribution in [0.15, 0.2) is 18.2 Å². The maximum atomic E-state index is 12.1. The summed E-state index contributed by atoms with van der Waals surface area (Å²) in [5.74, 6) is 0.0649. The fourth-order valence-electron chi connectivity index (χ4n) is 2.32. The topological polar surface area (TPSA) is 41.1 Å². The van der Waals surface area contributed by atoms with Crippen molar-refractivity contribution in [2.75, 3.05) is 13.1 Å². The molecule has 104 valence electrons. The highest BCUT2D eigenvalue weighted by Crippen LogP contribution is 2.21. The van der Waals surface area contributed by atoms with Crippen LogP contribution in [0.3, 0.4) is 0 Å². The highest BCUT2D eigenvalue weighted by atomic mass is 35.5. The van der Waals surface area contributed by atoms with Crippen LogP contribution in [0.1, 0.15) is 25.3 Å². The Labute approximate surface area is 123 Å². The van der Waals surface area contributed by atoms with Gasteiger partial charge in [0, 0.05) is 16.6 Å². The van der Waals surface area contributed by atoms with Crippen LogP contribution in [0.2, 0.25) is 10.0 Å². The van der Waals surface area contributed by atoms with E-state index >= 15 is 0 Å². The number of halogens is 2. The predicted molar refractivity (Wildman–Crippen MR) is 78.8 cm³/mol. The molecule has 1 aliphatic heterocycles. The van der Waals surface area contributed by atoms with Crippen LogP contribution in [0, 0.1) is 0 Å². The summed E-state index contributed by atoms with van der Waals surface area (Å²) in [5.41, 5.74) is 0.583. The van der Waals surface area contributed by atoms with Crippen molar-refractivity contribution in [3.05, 3.63) is 33.8 Å². The fraction of sp³-hybridized carbons (Fsp3) is 0.500. The molecule has 1 aromatic rings. The van der Waals surface area contributed by atoms with Gasteiger partial charge in [-0.1, -0.05) is 29.3 Å². The first-order valence-electron chi connectivity index (χ1n) is 6.48. The molecule has 1 amide bonds. The lowest BCUT2D eigenvalue weighted by Crippen LogP contribution is -2.51. The molecule has 3 nitrogen and oxygen atoms in total. The third-order valence-electron chi connectivity index (χ3n) is 3.56. The highest BCUT2D eigenvalue weighted by Gasteiger charge is 2.35. The molecule has 0 bridgehead atoms. The second-order valence-electron chi connectivity index (χ2n) is 5.10. The van der Waals surface area contributed by atoms with Crippen molar-refractivity contribution in [2.45, 2.75) is 31.7 Å². The number of hydrogen-bond acceptors (Lipinski definition) is 2. The fourth-order valence-corrected chi connectivity index (χ4v) is 2.82. The van der Waals surface area contributed by atoms with Crippen molar-refractivity contribution < 1.29 is 4.79 Å². The van der Waals surface area contributed by atoms with Crippen molar-refractivity contribution in [1.29, 1.82) is 0 Å². The molecule has 1 fully saturated rings. The zero-order valence-corrected chi connectivity index (χ0v) is 12.4. The van der Waals surface area contributed by atoms with Crippen molar-refractivity contribution in [2.24, 2.45) is 0 Å². The lowest BCUT2D eigenvalue weighted by molar-refractivity contribution is -0.126. The van der Waals surface area contributed by atoms with Crippen LogP contribution in [-0.2, 0) is 11.2 Å². The van der Waals surface area contributed by atoms with Gasteiger partial charge >= 0.3 is 0 Å². The number of hydrogen-bond donors (Lipinski definition) is 2. The van der Waals surface area contributed by atoms with Gasteiger partial charge in [-0.3, -0.25) is 4.79 Å². The second kappa shape index (κ2) is 6.12. The molecule has 0 aromatic heterocycles. The van der Waals surface area contributed by atoms with Gasteiger partial charge in [-0.05, 0) is 50.4 Å². The van der Waals surface area contributed by atoms with E-state index in [1.165, 1.54) is 0 Å². The van der Waals surface area contributed by atoms with E-state index < -0.39 is 5.54 Å². The lowest BCUT2D eigenvalue weighted by atomic mass is 9.99. The van der Waals surface area contributed by atoms with E-state index in [-0.39, 0.29) is 5.91 Å². The average molecular weight is 301 g/mol. The van der Waals surface area contributed by atoms with Crippen molar-refractivity contribution in [1.82, 2.24) is 10.6 Å². The van der Waals surface area contributed by atoms with E-state index in [0.717, 1.165) is 24.9 Å². The van der Waals surface area contributed by atoms with Gasteiger partial charge in [0.15, 0.2) is 0 Å². The van der Waals surface area contributed by atoms with Gasteiger partial charge in [0.25, 0.3) is 0 Å².